The van der Waals surface area contributed by atoms with E-state index in [4.69, 9.17) is 21.7 Å². The molecular formula is C19H18Br2N2O4S. The molecule has 0 bridgehead atoms. The zero-order chi connectivity index (χ0) is 20.7. The summed E-state index contributed by atoms with van der Waals surface area (Å²) >= 11 is 11.9. The van der Waals surface area contributed by atoms with E-state index in [1.807, 2.05) is 19.1 Å². The molecule has 0 fully saturated rings. The Balaban J connectivity index is 1.86. The van der Waals surface area contributed by atoms with Gasteiger partial charge in [-0.15, -0.1) is 0 Å². The lowest BCUT2D eigenvalue weighted by atomic mass is 10.2. The van der Waals surface area contributed by atoms with Gasteiger partial charge in [-0.2, -0.15) is 0 Å². The Bertz CT molecular complexity index is 865. The molecule has 0 saturated carbocycles. The van der Waals surface area contributed by atoms with Gasteiger partial charge in [0.05, 0.1) is 16.6 Å². The van der Waals surface area contributed by atoms with Crippen molar-refractivity contribution < 1.29 is 19.1 Å². The first-order chi connectivity index (χ1) is 13.3. The van der Waals surface area contributed by atoms with E-state index in [2.05, 4.69) is 42.5 Å². The summed E-state index contributed by atoms with van der Waals surface area (Å²) in [5.74, 6) is -0.196. The van der Waals surface area contributed by atoms with E-state index in [9.17, 15) is 9.59 Å². The summed E-state index contributed by atoms with van der Waals surface area (Å²) in [7, 11) is 0. The highest BCUT2D eigenvalue weighted by atomic mass is 79.9. The average molecular weight is 530 g/mol. The van der Waals surface area contributed by atoms with Crippen LogP contribution in [0.25, 0.3) is 0 Å². The van der Waals surface area contributed by atoms with Crippen molar-refractivity contribution in [2.24, 2.45) is 0 Å². The lowest BCUT2D eigenvalue weighted by Gasteiger charge is -2.13. The molecule has 2 N–H and O–H groups in total. The maximum atomic E-state index is 12.1. The van der Waals surface area contributed by atoms with E-state index in [1.165, 1.54) is 0 Å². The standard InChI is InChI=1S/C19H18Br2N2O4S/c1-3-26-18(25)12-4-6-14(7-5-12)22-19(28)23-16(24)10-27-17-11(2)8-13(20)9-15(17)21/h4-9H,3,10H2,1-2H3,(H2,22,23,24,28). The van der Waals surface area contributed by atoms with Crippen LogP contribution in [0.3, 0.4) is 0 Å². The van der Waals surface area contributed by atoms with Crippen LogP contribution in [0.15, 0.2) is 45.3 Å². The number of ether oxygens (including phenoxy) is 2. The fraction of sp³-hybridized carbons (Fsp3) is 0.211. The molecule has 0 aliphatic heterocycles. The first kappa shape index (κ1) is 22.3. The molecule has 0 unspecified atom stereocenters. The number of halogens is 2. The van der Waals surface area contributed by atoms with Crippen LogP contribution in [0.5, 0.6) is 5.75 Å². The van der Waals surface area contributed by atoms with Crippen molar-refractivity contribution in [3.8, 4) is 5.75 Å². The maximum absolute atomic E-state index is 12.1. The van der Waals surface area contributed by atoms with Gasteiger partial charge >= 0.3 is 5.97 Å². The first-order valence-corrected chi connectivity index (χ1v) is 10.3. The molecule has 148 valence electrons. The minimum atomic E-state index is -0.394. The van der Waals surface area contributed by atoms with Crippen LogP contribution in [0.2, 0.25) is 0 Å². The predicted octanol–water partition coefficient (Wildman–Crippen LogP) is 4.59. The number of hydrogen-bond acceptors (Lipinski definition) is 5. The van der Waals surface area contributed by atoms with Crippen molar-refractivity contribution in [3.05, 3.63) is 56.5 Å². The molecule has 0 aliphatic carbocycles. The van der Waals surface area contributed by atoms with Crippen LogP contribution in [-0.2, 0) is 9.53 Å². The largest absolute Gasteiger partial charge is 0.482 e. The van der Waals surface area contributed by atoms with Gasteiger partial charge in [0.25, 0.3) is 5.91 Å². The topological polar surface area (TPSA) is 76.7 Å². The summed E-state index contributed by atoms with van der Waals surface area (Å²) in [5, 5.41) is 5.55. The number of aryl methyl sites for hydroxylation is 1. The molecule has 0 radical (unpaired) electrons. The Hall–Kier alpha value is -1.97. The van der Waals surface area contributed by atoms with E-state index in [0.29, 0.717) is 23.6 Å². The van der Waals surface area contributed by atoms with Crippen molar-refractivity contribution in [3.63, 3.8) is 0 Å². The van der Waals surface area contributed by atoms with E-state index in [0.717, 1.165) is 14.5 Å². The quantitative estimate of drug-likeness (QED) is 0.421. The smallest absolute Gasteiger partial charge is 0.338 e. The van der Waals surface area contributed by atoms with Gasteiger partial charge in [-0.1, -0.05) is 15.9 Å². The summed E-state index contributed by atoms with van der Waals surface area (Å²) < 4.78 is 12.2. The zero-order valence-electron chi connectivity index (χ0n) is 15.2. The molecule has 2 rings (SSSR count). The third kappa shape index (κ3) is 6.57. The lowest BCUT2D eigenvalue weighted by molar-refractivity contribution is -0.121. The van der Waals surface area contributed by atoms with Gasteiger partial charge in [-0.3, -0.25) is 10.1 Å². The first-order valence-electron chi connectivity index (χ1n) is 8.26. The second-order valence-corrected chi connectivity index (χ2v) is 7.80. The molecular weight excluding hydrogens is 512 g/mol. The number of hydrogen-bond donors (Lipinski definition) is 2. The Morgan fingerprint density at radius 3 is 2.43 bits per heavy atom. The van der Waals surface area contributed by atoms with Crippen molar-refractivity contribution >= 4 is 66.8 Å². The molecule has 0 atom stereocenters. The molecule has 0 spiro atoms. The van der Waals surface area contributed by atoms with Crippen LogP contribution in [-0.4, -0.2) is 30.2 Å². The van der Waals surface area contributed by atoms with E-state index in [1.54, 1.807) is 31.2 Å². The Labute approximate surface area is 185 Å². The SMILES string of the molecule is CCOC(=O)c1ccc(NC(=S)NC(=O)COc2c(C)cc(Br)cc2Br)cc1. The van der Waals surface area contributed by atoms with E-state index in [-0.39, 0.29) is 11.7 Å². The monoisotopic (exact) mass is 528 g/mol. The van der Waals surface area contributed by atoms with Gasteiger partial charge in [0.15, 0.2) is 11.7 Å². The van der Waals surface area contributed by atoms with Crippen molar-refractivity contribution in [1.82, 2.24) is 5.32 Å². The van der Waals surface area contributed by atoms with Crippen LogP contribution in [0, 0.1) is 6.92 Å². The number of rotatable bonds is 6. The molecule has 2 aromatic carbocycles. The average Bonchev–Trinajstić information content (AvgIpc) is 2.61. The molecule has 9 heteroatoms. The van der Waals surface area contributed by atoms with Crippen molar-refractivity contribution in [1.29, 1.82) is 0 Å². The summed E-state index contributed by atoms with van der Waals surface area (Å²) in [5.41, 5.74) is 1.95. The number of amides is 1. The molecule has 6 nitrogen and oxygen atoms in total. The van der Waals surface area contributed by atoms with Gasteiger partial charge < -0.3 is 14.8 Å². The minimum Gasteiger partial charge on any atom is -0.482 e. The second-order valence-electron chi connectivity index (χ2n) is 5.62. The lowest BCUT2D eigenvalue weighted by Crippen LogP contribution is -2.37. The number of thiocarbonyl (C=S) groups is 1. The van der Waals surface area contributed by atoms with Gasteiger partial charge in [0.1, 0.15) is 5.75 Å². The predicted molar refractivity (Wildman–Crippen MR) is 119 cm³/mol. The number of nitrogens with one attached hydrogen (secondary N) is 2. The van der Waals surface area contributed by atoms with Gasteiger partial charge in [0, 0.05) is 10.2 Å². The molecule has 0 saturated heterocycles. The Kier molecular flexibility index (Phi) is 8.40. The second kappa shape index (κ2) is 10.5. The third-order valence-corrected chi connectivity index (χ3v) is 4.70. The number of anilines is 1. The molecule has 0 aromatic heterocycles. The molecule has 2 aromatic rings. The van der Waals surface area contributed by atoms with Gasteiger partial charge in [0.2, 0.25) is 0 Å². The summed E-state index contributed by atoms with van der Waals surface area (Å²) in [6.07, 6.45) is 0. The van der Waals surface area contributed by atoms with Gasteiger partial charge in [-0.05, 0) is 84.0 Å². The molecule has 0 heterocycles. The highest BCUT2D eigenvalue weighted by Crippen LogP contribution is 2.32. The number of esters is 1. The van der Waals surface area contributed by atoms with Crippen LogP contribution >= 0.6 is 44.1 Å². The molecule has 0 aliphatic rings. The van der Waals surface area contributed by atoms with E-state index >= 15 is 0 Å². The maximum Gasteiger partial charge on any atom is 0.338 e. The molecule has 1 amide bonds. The number of carbonyl (C=O) groups excluding carboxylic acids is 2. The Morgan fingerprint density at radius 1 is 1.14 bits per heavy atom. The number of benzene rings is 2. The summed E-state index contributed by atoms with van der Waals surface area (Å²) in [6.45, 7) is 3.75. The van der Waals surface area contributed by atoms with Crippen molar-refractivity contribution in [2.75, 3.05) is 18.5 Å². The molecule has 28 heavy (non-hydrogen) atoms. The van der Waals surface area contributed by atoms with Crippen LogP contribution in [0.4, 0.5) is 5.69 Å². The third-order valence-electron chi connectivity index (χ3n) is 3.45. The van der Waals surface area contributed by atoms with Gasteiger partial charge in [-0.25, -0.2) is 4.79 Å². The van der Waals surface area contributed by atoms with E-state index < -0.39 is 11.9 Å². The summed E-state index contributed by atoms with van der Waals surface area (Å²) in [4.78, 5) is 23.7. The minimum absolute atomic E-state index is 0.129. The fourth-order valence-corrected chi connectivity index (χ4v) is 4.02. The fourth-order valence-electron chi connectivity index (χ4n) is 2.24. The highest BCUT2D eigenvalue weighted by molar-refractivity contribution is 9.11. The zero-order valence-corrected chi connectivity index (χ0v) is 19.2. The van der Waals surface area contributed by atoms with Crippen molar-refractivity contribution in [2.45, 2.75) is 13.8 Å². The van der Waals surface area contributed by atoms with Crippen LogP contribution in [0.1, 0.15) is 22.8 Å². The van der Waals surface area contributed by atoms with Crippen LogP contribution < -0.4 is 15.4 Å². The number of carbonyl (C=O) groups is 2. The highest BCUT2D eigenvalue weighted by Gasteiger charge is 2.11. The normalized spacial score (nSPS) is 10.1. The Morgan fingerprint density at radius 2 is 1.82 bits per heavy atom. The summed E-state index contributed by atoms with van der Waals surface area (Å²) in [6, 6.07) is 10.3.